The van der Waals surface area contributed by atoms with Crippen molar-refractivity contribution in [1.29, 1.82) is 0 Å². The van der Waals surface area contributed by atoms with Gasteiger partial charge in [-0.15, -0.1) is 0 Å². The Labute approximate surface area is 129 Å². The van der Waals surface area contributed by atoms with Gasteiger partial charge < -0.3 is 0 Å². The Morgan fingerprint density at radius 3 is 1.95 bits per heavy atom. The van der Waals surface area contributed by atoms with E-state index in [9.17, 15) is 4.57 Å². The van der Waals surface area contributed by atoms with Crippen LogP contribution in [0.2, 0.25) is 4.31 Å². The molecule has 0 aliphatic heterocycles. The van der Waals surface area contributed by atoms with E-state index in [1.165, 1.54) is 4.46 Å². The molecule has 20 heavy (non-hydrogen) atoms. The monoisotopic (exact) mass is 364 g/mol. The first-order valence-corrected chi connectivity index (χ1v) is 10.4. The first kappa shape index (κ1) is 17.9. The van der Waals surface area contributed by atoms with Gasteiger partial charge in [0.2, 0.25) is 0 Å². The van der Waals surface area contributed by atoms with Gasteiger partial charge in [-0.1, -0.05) is 0 Å². The molecule has 1 aromatic rings. The molecule has 0 heterocycles. The van der Waals surface area contributed by atoms with E-state index in [0.717, 1.165) is 5.56 Å². The molecule has 0 fully saturated rings. The van der Waals surface area contributed by atoms with Crippen LogP contribution in [0.3, 0.4) is 0 Å². The average Bonchev–Trinajstić information content (AvgIpc) is 2.30. The average molecular weight is 363 g/mol. The molecule has 0 spiro atoms. The van der Waals surface area contributed by atoms with E-state index in [4.69, 9.17) is 9.05 Å². The van der Waals surface area contributed by atoms with Crippen LogP contribution in [0.5, 0.6) is 0 Å². The first-order chi connectivity index (χ1) is 9.28. The van der Waals surface area contributed by atoms with Crippen molar-refractivity contribution in [3.8, 4) is 0 Å². The minimum atomic E-state index is -2.99. The van der Waals surface area contributed by atoms with Crippen molar-refractivity contribution in [2.24, 2.45) is 0 Å². The fourth-order valence-corrected chi connectivity index (χ4v) is 5.52. The third kappa shape index (κ3) is 6.56. The molecule has 0 unspecified atom stereocenters. The second-order valence-electron chi connectivity index (χ2n) is 5.46. The van der Waals surface area contributed by atoms with Crippen LogP contribution in [0, 0.1) is 0 Å². The summed E-state index contributed by atoms with van der Waals surface area (Å²) in [6.45, 7) is 11.2. The third-order valence-electron chi connectivity index (χ3n) is 2.38. The summed E-state index contributed by atoms with van der Waals surface area (Å²) in [6.07, 6.45) is 0.345. The molecular formula is C15H25O3PSe. The minimum absolute atomic E-state index is 0.334. The van der Waals surface area contributed by atoms with Crippen LogP contribution < -0.4 is 4.46 Å². The molecule has 0 radical (unpaired) electrons. The van der Waals surface area contributed by atoms with E-state index in [0.29, 0.717) is 38.6 Å². The Balaban J connectivity index is 2.75. The molecule has 5 heteroatoms. The summed E-state index contributed by atoms with van der Waals surface area (Å²) < 4.78 is 24.8. The van der Waals surface area contributed by atoms with Crippen molar-refractivity contribution < 1.29 is 13.6 Å². The summed E-state index contributed by atoms with van der Waals surface area (Å²) in [5.41, 5.74) is 1.00. The molecular weight excluding hydrogens is 338 g/mol. The molecule has 0 aliphatic rings. The Morgan fingerprint density at radius 2 is 1.55 bits per heavy atom. The van der Waals surface area contributed by atoms with Crippen molar-refractivity contribution in [2.45, 2.75) is 45.1 Å². The molecule has 0 N–H and O–H groups in total. The Kier molecular flexibility index (Phi) is 6.97. The topological polar surface area (TPSA) is 35.5 Å². The van der Waals surface area contributed by atoms with Crippen LogP contribution in [0.4, 0.5) is 0 Å². The summed E-state index contributed by atoms with van der Waals surface area (Å²) in [6, 6.07) is 8.33. The van der Waals surface area contributed by atoms with E-state index >= 15 is 0 Å². The van der Waals surface area contributed by atoms with Gasteiger partial charge in [-0.2, -0.15) is 0 Å². The molecule has 0 aromatic heterocycles. The zero-order valence-corrected chi connectivity index (χ0v) is 15.6. The van der Waals surface area contributed by atoms with Gasteiger partial charge in [0.1, 0.15) is 0 Å². The Hall–Kier alpha value is -0.111. The summed E-state index contributed by atoms with van der Waals surface area (Å²) in [7, 11) is -2.99. The Morgan fingerprint density at radius 1 is 1.05 bits per heavy atom. The maximum atomic E-state index is 12.5. The number of hydrogen-bond donors (Lipinski definition) is 0. The van der Waals surface area contributed by atoms with E-state index in [2.05, 4.69) is 32.9 Å². The van der Waals surface area contributed by atoms with E-state index in [1.54, 1.807) is 0 Å². The molecule has 114 valence electrons. The summed E-state index contributed by atoms with van der Waals surface area (Å²) in [4.78, 5) is 0. The predicted molar refractivity (Wildman–Crippen MR) is 86.1 cm³/mol. The van der Waals surface area contributed by atoms with Crippen molar-refractivity contribution in [1.82, 2.24) is 0 Å². The summed E-state index contributed by atoms with van der Waals surface area (Å²) in [5, 5.41) is 0. The van der Waals surface area contributed by atoms with Crippen LogP contribution in [-0.4, -0.2) is 28.2 Å². The summed E-state index contributed by atoms with van der Waals surface area (Å²) in [5.74, 6) is 0. The maximum absolute atomic E-state index is 12.5. The van der Waals surface area contributed by atoms with E-state index < -0.39 is 7.60 Å². The van der Waals surface area contributed by atoms with Crippen LogP contribution >= 0.6 is 7.60 Å². The zero-order chi connectivity index (χ0) is 15.2. The van der Waals surface area contributed by atoms with Crippen molar-refractivity contribution in [2.75, 3.05) is 13.2 Å². The van der Waals surface area contributed by atoms with Gasteiger partial charge in [0.05, 0.1) is 0 Å². The van der Waals surface area contributed by atoms with Crippen molar-refractivity contribution >= 4 is 27.0 Å². The molecule has 0 saturated carbocycles. The molecule has 1 rings (SSSR count). The SMILES string of the molecule is CCOP(=O)(Cc1ccc([Se]C(C)(C)C)cc1)OCC. The van der Waals surface area contributed by atoms with Crippen LogP contribution in [0.25, 0.3) is 0 Å². The van der Waals surface area contributed by atoms with Gasteiger partial charge in [0, 0.05) is 0 Å². The van der Waals surface area contributed by atoms with Gasteiger partial charge in [-0.05, 0) is 0 Å². The second-order valence-corrected chi connectivity index (χ2v) is 11.5. The molecule has 3 nitrogen and oxygen atoms in total. The molecule has 0 aliphatic carbocycles. The predicted octanol–water partition coefficient (Wildman–Crippen LogP) is 4.00. The molecule has 0 bridgehead atoms. The number of benzene rings is 1. The molecule has 1 aromatic carbocycles. The van der Waals surface area contributed by atoms with Gasteiger partial charge >= 0.3 is 129 Å². The fourth-order valence-electron chi connectivity index (χ4n) is 1.76. The first-order valence-electron chi connectivity index (χ1n) is 6.94. The van der Waals surface area contributed by atoms with Gasteiger partial charge in [0.25, 0.3) is 0 Å². The third-order valence-corrected chi connectivity index (χ3v) is 6.78. The van der Waals surface area contributed by atoms with Gasteiger partial charge in [-0.3, -0.25) is 0 Å². The van der Waals surface area contributed by atoms with Gasteiger partial charge in [-0.25, -0.2) is 0 Å². The fraction of sp³-hybridized carbons (Fsp3) is 0.600. The van der Waals surface area contributed by atoms with Crippen molar-refractivity contribution in [3.63, 3.8) is 0 Å². The van der Waals surface area contributed by atoms with Gasteiger partial charge in [0.15, 0.2) is 0 Å². The normalized spacial score (nSPS) is 12.7. The molecule has 0 atom stereocenters. The standard InChI is InChI=1S/C15H25O3PSe/c1-6-17-19(16,18-7-2)12-13-8-10-14(11-9-13)20-15(3,4)5/h8-11H,6-7,12H2,1-5H3. The van der Waals surface area contributed by atoms with Crippen LogP contribution in [0.1, 0.15) is 40.2 Å². The Bertz CT molecular complexity index is 441. The zero-order valence-electron chi connectivity index (χ0n) is 13.0. The van der Waals surface area contributed by atoms with E-state index in [-0.39, 0.29) is 0 Å². The molecule has 0 amide bonds. The van der Waals surface area contributed by atoms with E-state index in [1.807, 2.05) is 26.0 Å². The quantitative estimate of drug-likeness (QED) is 0.543. The summed E-state index contributed by atoms with van der Waals surface area (Å²) >= 11 is 0.440. The van der Waals surface area contributed by atoms with Crippen molar-refractivity contribution in [3.05, 3.63) is 29.8 Å². The number of rotatable bonds is 7. The van der Waals surface area contributed by atoms with Crippen LogP contribution in [0.15, 0.2) is 24.3 Å². The van der Waals surface area contributed by atoms with Crippen LogP contribution in [-0.2, 0) is 19.8 Å². The molecule has 0 saturated heterocycles. The second kappa shape index (κ2) is 7.77. The number of hydrogen-bond acceptors (Lipinski definition) is 3.